The second-order valence-electron chi connectivity index (χ2n) is 5.04. The molecule has 0 saturated heterocycles. The smallest absolute Gasteiger partial charge is 0.303 e. The van der Waals surface area contributed by atoms with Gasteiger partial charge in [-0.15, -0.1) is 0 Å². The topological polar surface area (TPSA) is 37.3 Å². The van der Waals surface area contributed by atoms with Crippen molar-refractivity contribution >= 4 is 5.97 Å². The average Bonchev–Trinajstić information content (AvgIpc) is 2.49. The SMILES string of the molecule is CCC(c1ccccc1)C(CC(=O)O)c1ccccc1. The second-order valence-corrected chi connectivity index (χ2v) is 5.04. The van der Waals surface area contributed by atoms with Gasteiger partial charge in [-0.3, -0.25) is 4.79 Å². The van der Waals surface area contributed by atoms with Gasteiger partial charge >= 0.3 is 5.97 Å². The monoisotopic (exact) mass is 268 g/mol. The molecule has 0 fully saturated rings. The molecule has 0 radical (unpaired) electrons. The van der Waals surface area contributed by atoms with Crippen LogP contribution in [0, 0.1) is 0 Å². The third kappa shape index (κ3) is 3.47. The summed E-state index contributed by atoms with van der Waals surface area (Å²) in [6.07, 6.45) is 1.09. The summed E-state index contributed by atoms with van der Waals surface area (Å²) in [4.78, 5) is 11.2. The fourth-order valence-corrected chi connectivity index (χ4v) is 2.83. The predicted molar refractivity (Wildman–Crippen MR) is 80.9 cm³/mol. The van der Waals surface area contributed by atoms with Crippen molar-refractivity contribution in [2.24, 2.45) is 0 Å². The highest BCUT2D eigenvalue weighted by molar-refractivity contribution is 5.68. The van der Waals surface area contributed by atoms with Crippen molar-refractivity contribution in [3.05, 3.63) is 71.8 Å². The lowest BCUT2D eigenvalue weighted by Gasteiger charge is -2.26. The number of carboxylic acid groups (broad SMARTS) is 1. The molecule has 2 heteroatoms. The molecule has 0 spiro atoms. The van der Waals surface area contributed by atoms with E-state index in [9.17, 15) is 9.90 Å². The number of hydrogen-bond acceptors (Lipinski definition) is 1. The van der Waals surface area contributed by atoms with Crippen molar-refractivity contribution < 1.29 is 9.90 Å². The molecule has 0 aromatic heterocycles. The molecule has 1 N–H and O–H groups in total. The van der Waals surface area contributed by atoms with Gasteiger partial charge in [-0.05, 0) is 23.5 Å². The Bertz CT molecular complexity index is 534. The van der Waals surface area contributed by atoms with E-state index in [2.05, 4.69) is 19.1 Å². The number of carbonyl (C=O) groups is 1. The van der Waals surface area contributed by atoms with Gasteiger partial charge in [0.15, 0.2) is 0 Å². The van der Waals surface area contributed by atoms with E-state index in [4.69, 9.17) is 0 Å². The number of carboxylic acids is 1. The highest BCUT2D eigenvalue weighted by Gasteiger charge is 2.25. The zero-order valence-corrected chi connectivity index (χ0v) is 11.7. The zero-order chi connectivity index (χ0) is 14.4. The third-order valence-corrected chi connectivity index (χ3v) is 3.78. The van der Waals surface area contributed by atoms with Crippen LogP contribution >= 0.6 is 0 Å². The summed E-state index contributed by atoms with van der Waals surface area (Å²) < 4.78 is 0. The third-order valence-electron chi connectivity index (χ3n) is 3.78. The van der Waals surface area contributed by atoms with Crippen molar-refractivity contribution in [1.29, 1.82) is 0 Å². The zero-order valence-electron chi connectivity index (χ0n) is 11.7. The Morgan fingerprint density at radius 2 is 1.35 bits per heavy atom. The first kappa shape index (κ1) is 14.3. The lowest BCUT2D eigenvalue weighted by molar-refractivity contribution is -0.137. The molecular formula is C18H20O2. The molecule has 2 nitrogen and oxygen atoms in total. The second kappa shape index (κ2) is 6.90. The Morgan fingerprint density at radius 1 is 0.900 bits per heavy atom. The molecule has 0 heterocycles. The summed E-state index contributed by atoms with van der Waals surface area (Å²) >= 11 is 0. The van der Waals surface area contributed by atoms with Crippen LogP contribution in [0.25, 0.3) is 0 Å². The van der Waals surface area contributed by atoms with Crippen molar-refractivity contribution in [1.82, 2.24) is 0 Å². The number of rotatable bonds is 6. The van der Waals surface area contributed by atoms with Gasteiger partial charge in [0, 0.05) is 5.92 Å². The highest BCUT2D eigenvalue weighted by Crippen LogP contribution is 2.37. The molecule has 2 unspecified atom stereocenters. The van der Waals surface area contributed by atoms with Crippen LogP contribution in [0.4, 0.5) is 0 Å². The molecular weight excluding hydrogens is 248 g/mol. The Morgan fingerprint density at radius 3 is 1.75 bits per heavy atom. The quantitative estimate of drug-likeness (QED) is 0.841. The van der Waals surface area contributed by atoms with Gasteiger partial charge in [-0.2, -0.15) is 0 Å². The van der Waals surface area contributed by atoms with Crippen molar-refractivity contribution in [3.8, 4) is 0 Å². The van der Waals surface area contributed by atoms with E-state index >= 15 is 0 Å². The average molecular weight is 268 g/mol. The van der Waals surface area contributed by atoms with E-state index in [1.54, 1.807) is 0 Å². The summed E-state index contributed by atoms with van der Waals surface area (Å²) in [6, 6.07) is 20.2. The molecule has 2 rings (SSSR count). The molecule has 0 saturated carbocycles. The van der Waals surface area contributed by atoms with Crippen LogP contribution in [0.15, 0.2) is 60.7 Å². The molecule has 2 aromatic rings. The van der Waals surface area contributed by atoms with Crippen LogP contribution in [0.3, 0.4) is 0 Å². The van der Waals surface area contributed by atoms with E-state index in [1.807, 2.05) is 48.5 Å². The van der Waals surface area contributed by atoms with Gasteiger partial charge in [-0.25, -0.2) is 0 Å². The number of benzene rings is 2. The molecule has 0 aliphatic rings. The number of aliphatic carboxylic acids is 1. The Labute approximate surface area is 120 Å². The Kier molecular flexibility index (Phi) is 4.94. The van der Waals surface area contributed by atoms with Crippen LogP contribution in [-0.2, 0) is 4.79 Å². The predicted octanol–water partition coefficient (Wildman–Crippen LogP) is 4.44. The van der Waals surface area contributed by atoms with Crippen molar-refractivity contribution in [2.75, 3.05) is 0 Å². The van der Waals surface area contributed by atoms with E-state index < -0.39 is 5.97 Å². The van der Waals surface area contributed by atoms with E-state index in [0.717, 1.165) is 12.0 Å². The minimum absolute atomic E-state index is 0.0149. The molecule has 0 aliphatic carbocycles. The van der Waals surface area contributed by atoms with E-state index in [1.165, 1.54) is 5.56 Å². The van der Waals surface area contributed by atoms with E-state index in [-0.39, 0.29) is 18.3 Å². The number of hydrogen-bond donors (Lipinski definition) is 1. The minimum atomic E-state index is -0.742. The van der Waals surface area contributed by atoms with Gasteiger partial charge in [-0.1, -0.05) is 67.6 Å². The van der Waals surface area contributed by atoms with Crippen LogP contribution < -0.4 is 0 Å². The van der Waals surface area contributed by atoms with Gasteiger partial charge in [0.05, 0.1) is 6.42 Å². The summed E-state index contributed by atoms with van der Waals surface area (Å²) in [6.45, 7) is 2.12. The summed E-state index contributed by atoms with van der Waals surface area (Å²) in [5.74, 6) is -0.496. The molecule has 104 valence electrons. The molecule has 2 atom stereocenters. The fraction of sp³-hybridized carbons (Fsp3) is 0.278. The van der Waals surface area contributed by atoms with Crippen LogP contribution in [0.1, 0.15) is 42.7 Å². The molecule has 0 amide bonds. The first-order valence-corrected chi connectivity index (χ1v) is 7.04. The molecule has 2 aromatic carbocycles. The maximum atomic E-state index is 11.2. The summed E-state index contributed by atoms with van der Waals surface area (Å²) in [5, 5.41) is 9.24. The van der Waals surface area contributed by atoms with Crippen molar-refractivity contribution in [2.45, 2.75) is 31.6 Å². The normalized spacial score (nSPS) is 13.7. The van der Waals surface area contributed by atoms with Gasteiger partial charge < -0.3 is 5.11 Å². The Balaban J connectivity index is 2.36. The highest BCUT2D eigenvalue weighted by atomic mass is 16.4. The lowest BCUT2D eigenvalue weighted by Crippen LogP contribution is -2.15. The standard InChI is InChI=1S/C18H20O2/c1-2-16(14-9-5-3-6-10-14)17(13-18(19)20)15-11-7-4-8-12-15/h3-12,16-17H,2,13H2,1H3,(H,19,20). The van der Waals surface area contributed by atoms with Crippen LogP contribution in [0.2, 0.25) is 0 Å². The summed E-state index contributed by atoms with van der Waals surface area (Å²) in [7, 11) is 0. The molecule has 0 bridgehead atoms. The summed E-state index contributed by atoms with van der Waals surface area (Å²) in [5.41, 5.74) is 2.32. The molecule has 20 heavy (non-hydrogen) atoms. The fourth-order valence-electron chi connectivity index (χ4n) is 2.83. The van der Waals surface area contributed by atoms with E-state index in [0.29, 0.717) is 0 Å². The lowest BCUT2D eigenvalue weighted by atomic mass is 9.78. The van der Waals surface area contributed by atoms with Gasteiger partial charge in [0.25, 0.3) is 0 Å². The minimum Gasteiger partial charge on any atom is -0.481 e. The first-order valence-electron chi connectivity index (χ1n) is 7.04. The first-order chi connectivity index (χ1) is 9.72. The maximum absolute atomic E-state index is 11.2. The Hall–Kier alpha value is -2.09. The molecule has 0 aliphatic heterocycles. The van der Waals surface area contributed by atoms with Gasteiger partial charge in [0.2, 0.25) is 0 Å². The van der Waals surface area contributed by atoms with Gasteiger partial charge in [0.1, 0.15) is 0 Å². The van der Waals surface area contributed by atoms with Crippen LogP contribution in [-0.4, -0.2) is 11.1 Å². The van der Waals surface area contributed by atoms with Crippen LogP contribution in [0.5, 0.6) is 0 Å². The van der Waals surface area contributed by atoms with Crippen molar-refractivity contribution in [3.63, 3.8) is 0 Å². The largest absolute Gasteiger partial charge is 0.481 e. The maximum Gasteiger partial charge on any atom is 0.303 e.